The predicted molar refractivity (Wildman–Crippen MR) is 69.8 cm³/mol. The van der Waals surface area contributed by atoms with Gasteiger partial charge in [-0.05, 0) is 0 Å². The Morgan fingerprint density at radius 3 is 2.81 bits per heavy atom. The van der Waals surface area contributed by atoms with E-state index >= 15 is 0 Å². The molecule has 0 aliphatic carbocycles. The van der Waals surface area contributed by atoms with E-state index < -0.39 is 35.1 Å². The topological polar surface area (TPSA) is 120 Å². The molecule has 2 rings (SSSR count). The lowest BCUT2D eigenvalue weighted by atomic mass is 10.0. The summed E-state index contributed by atoms with van der Waals surface area (Å²) in [5.74, 6) is -2.36. The Hall–Kier alpha value is -2.42. The summed E-state index contributed by atoms with van der Waals surface area (Å²) in [6.45, 7) is -0.138. The fourth-order valence-corrected chi connectivity index (χ4v) is 2.08. The third-order valence-corrected chi connectivity index (χ3v) is 3.32. The van der Waals surface area contributed by atoms with Gasteiger partial charge in [-0.1, -0.05) is 0 Å². The predicted octanol–water partition coefficient (Wildman–Crippen LogP) is -2.24. The maximum absolute atomic E-state index is 11.9. The summed E-state index contributed by atoms with van der Waals surface area (Å²) in [4.78, 5) is 45.8. The van der Waals surface area contributed by atoms with Crippen LogP contribution in [0.4, 0.5) is 0 Å². The maximum atomic E-state index is 11.9. The Morgan fingerprint density at radius 1 is 1.43 bits per heavy atom. The Bertz CT molecular complexity index is 676. The van der Waals surface area contributed by atoms with Gasteiger partial charge in [-0.3, -0.25) is 23.5 Å². The average Bonchev–Trinajstić information content (AvgIpc) is 2.88. The minimum atomic E-state index is -1.04. The molecule has 2 unspecified atom stereocenters. The minimum absolute atomic E-state index is 0.0417. The van der Waals surface area contributed by atoms with Crippen molar-refractivity contribution in [3.05, 3.63) is 33.1 Å². The first kappa shape index (κ1) is 15.0. The van der Waals surface area contributed by atoms with Gasteiger partial charge in [-0.15, -0.1) is 0 Å². The first-order valence-electron chi connectivity index (χ1n) is 6.26. The Balaban J connectivity index is 2.06. The van der Waals surface area contributed by atoms with Gasteiger partial charge in [-0.2, -0.15) is 0 Å². The van der Waals surface area contributed by atoms with Gasteiger partial charge in [0.15, 0.2) is 0 Å². The van der Waals surface area contributed by atoms with E-state index in [-0.39, 0.29) is 19.8 Å². The summed E-state index contributed by atoms with van der Waals surface area (Å²) in [5, 5.41) is 11.5. The number of carboxylic acid groups (broad SMARTS) is 1. The van der Waals surface area contributed by atoms with Gasteiger partial charge in [0.2, 0.25) is 5.91 Å². The third-order valence-electron chi connectivity index (χ3n) is 3.32. The number of nitrogens with zero attached hydrogens (tertiary/aromatic N) is 2. The second kappa shape index (κ2) is 5.92. The van der Waals surface area contributed by atoms with Crippen LogP contribution in [-0.2, 0) is 27.9 Å². The lowest BCUT2D eigenvalue weighted by Crippen LogP contribution is -2.46. The number of hydrogen-bond donors (Lipinski definition) is 2. The number of carbonyl (C=O) groups excluding carboxylic acids is 1. The van der Waals surface area contributed by atoms with E-state index in [1.807, 2.05) is 0 Å². The fourth-order valence-electron chi connectivity index (χ4n) is 2.08. The molecule has 1 aliphatic rings. The van der Waals surface area contributed by atoms with Crippen LogP contribution >= 0.6 is 0 Å². The highest BCUT2D eigenvalue weighted by molar-refractivity contribution is 5.78. The lowest BCUT2D eigenvalue weighted by molar-refractivity contribution is -0.142. The number of aromatic nitrogens is 2. The van der Waals surface area contributed by atoms with Crippen molar-refractivity contribution in [3.8, 4) is 0 Å². The largest absolute Gasteiger partial charge is 0.481 e. The summed E-state index contributed by atoms with van der Waals surface area (Å²) in [7, 11) is 1.31. The first-order valence-corrected chi connectivity index (χ1v) is 6.26. The van der Waals surface area contributed by atoms with Crippen molar-refractivity contribution in [2.45, 2.75) is 12.6 Å². The van der Waals surface area contributed by atoms with Crippen LogP contribution in [0.15, 0.2) is 21.9 Å². The van der Waals surface area contributed by atoms with E-state index in [9.17, 15) is 19.2 Å². The molecule has 1 aromatic rings. The van der Waals surface area contributed by atoms with Crippen LogP contribution in [0, 0.1) is 5.92 Å². The standard InChI is InChI=1S/C12H15N3O6/c1-14-10(17)2-3-15(12(14)20)4-9(16)13-8-6-21-5-7(8)11(18)19/h2-3,7-8H,4-6H2,1H3,(H,13,16)(H,18,19). The van der Waals surface area contributed by atoms with E-state index in [0.29, 0.717) is 0 Å². The SMILES string of the molecule is Cn1c(=O)ccn(CC(=O)NC2COCC2C(=O)O)c1=O. The first-order chi connectivity index (χ1) is 9.90. The number of aliphatic carboxylic acids is 1. The van der Waals surface area contributed by atoms with Gasteiger partial charge >= 0.3 is 11.7 Å². The van der Waals surface area contributed by atoms with Crippen LogP contribution in [0.1, 0.15) is 0 Å². The van der Waals surface area contributed by atoms with Gasteiger partial charge < -0.3 is 15.2 Å². The summed E-state index contributed by atoms with van der Waals surface area (Å²) >= 11 is 0. The summed E-state index contributed by atoms with van der Waals surface area (Å²) in [5.41, 5.74) is -1.08. The molecule has 0 saturated carbocycles. The van der Waals surface area contributed by atoms with E-state index in [0.717, 1.165) is 9.13 Å². The lowest BCUT2D eigenvalue weighted by Gasteiger charge is -2.16. The highest BCUT2D eigenvalue weighted by atomic mass is 16.5. The second-order valence-corrected chi connectivity index (χ2v) is 4.78. The van der Waals surface area contributed by atoms with Crippen molar-refractivity contribution in [1.82, 2.24) is 14.5 Å². The fraction of sp³-hybridized carbons (Fsp3) is 0.500. The molecule has 1 aliphatic heterocycles. The van der Waals surface area contributed by atoms with Gasteiger partial charge in [0.25, 0.3) is 5.56 Å². The molecule has 114 valence electrons. The van der Waals surface area contributed by atoms with Crippen molar-refractivity contribution >= 4 is 11.9 Å². The number of carbonyl (C=O) groups is 2. The van der Waals surface area contributed by atoms with Crippen molar-refractivity contribution in [2.75, 3.05) is 13.2 Å². The second-order valence-electron chi connectivity index (χ2n) is 4.78. The van der Waals surface area contributed by atoms with Crippen molar-refractivity contribution in [1.29, 1.82) is 0 Å². The van der Waals surface area contributed by atoms with Crippen LogP contribution in [-0.4, -0.2) is 45.4 Å². The normalized spacial score (nSPS) is 21.2. The Labute approximate surface area is 118 Å². The maximum Gasteiger partial charge on any atom is 0.331 e. The van der Waals surface area contributed by atoms with Gasteiger partial charge in [0.05, 0.1) is 19.3 Å². The molecular formula is C12H15N3O6. The molecule has 1 fully saturated rings. The molecule has 21 heavy (non-hydrogen) atoms. The average molecular weight is 297 g/mol. The highest BCUT2D eigenvalue weighted by Gasteiger charge is 2.35. The molecule has 2 heterocycles. The summed E-state index contributed by atoms with van der Waals surface area (Å²) in [6.07, 6.45) is 1.23. The molecule has 2 N–H and O–H groups in total. The molecule has 1 aromatic heterocycles. The number of carboxylic acids is 1. The number of rotatable bonds is 4. The molecular weight excluding hydrogens is 282 g/mol. The summed E-state index contributed by atoms with van der Waals surface area (Å²) in [6, 6.07) is 0.547. The number of nitrogens with one attached hydrogen (secondary N) is 1. The minimum Gasteiger partial charge on any atom is -0.481 e. The van der Waals surface area contributed by atoms with E-state index in [1.165, 1.54) is 19.3 Å². The van der Waals surface area contributed by atoms with Crippen molar-refractivity contribution < 1.29 is 19.4 Å². The van der Waals surface area contributed by atoms with Crippen molar-refractivity contribution in [3.63, 3.8) is 0 Å². The molecule has 2 atom stereocenters. The molecule has 0 spiro atoms. The van der Waals surface area contributed by atoms with E-state index in [4.69, 9.17) is 9.84 Å². The smallest absolute Gasteiger partial charge is 0.331 e. The van der Waals surface area contributed by atoms with Crippen LogP contribution in [0.5, 0.6) is 0 Å². The molecule has 0 radical (unpaired) electrons. The molecule has 0 aromatic carbocycles. The quantitative estimate of drug-likeness (QED) is 0.648. The third kappa shape index (κ3) is 3.19. The van der Waals surface area contributed by atoms with Crippen molar-refractivity contribution in [2.24, 2.45) is 13.0 Å². The van der Waals surface area contributed by atoms with Gasteiger partial charge in [0, 0.05) is 19.3 Å². The number of hydrogen-bond acceptors (Lipinski definition) is 5. The zero-order valence-electron chi connectivity index (χ0n) is 11.3. The van der Waals surface area contributed by atoms with Crippen LogP contribution in [0.3, 0.4) is 0 Å². The summed E-state index contributed by atoms with van der Waals surface area (Å²) < 4.78 is 6.98. The zero-order chi connectivity index (χ0) is 15.6. The van der Waals surface area contributed by atoms with Crippen LogP contribution < -0.4 is 16.6 Å². The van der Waals surface area contributed by atoms with Crippen LogP contribution in [0.2, 0.25) is 0 Å². The number of amides is 1. The highest BCUT2D eigenvalue weighted by Crippen LogP contribution is 2.13. The molecule has 9 heteroatoms. The van der Waals surface area contributed by atoms with Gasteiger partial charge in [0.1, 0.15) is 12.5 Å². The van der Waals surface area contributed by atoms with E-state index in [1.54, 1.807) is 0 Å². The van der Waals surface area contributed by atoms with E-state index in [2.05, 4.69) is 5.32 Å². The molecule has 1 amide bonds. The Kier molecular flexibility index (Phi) is 4.22. The molecule has 0 bridgehead atoms. The van der Waals surface area contributed by atoms with Crippen LogP contribution in [0.25, 0.3) is 0 Å². The zero-order valence-corrected chi connectivity index (χ0v) is 11.3. The Morgan fingerprint density at radius 2 is 2.14 bits per heavy atom. The monoisotopic (exact) mass is 297 g/mol. The number of ether oxygens (including phenoxy) is 1. The molecule has 1 saturated heterocycles. The molecule has 9 nitrogen and oxygen atoms in total. The van der Waals surface area contributed by atoms with Gasteiger partial charge in [-0.25, -0.2) is 4.79 Å².